The first-order valence-electron chi connectivity index (χ1n) is 3.62. The van der Waals surface area contributed by atoms with Gasteiger partial charge in [0.1, 0.15) is 0 Å². The first-order chi connectivity index (χ1) is 3.92. The van der Waals surface area contributed by atoms with Crippen LogP contribution in [0, 0.1) is 5.92 Å². The molecule has 0 saturated carbocycles. The molecule has 0 N–H and O–H groups in total. The molecule has 44 valence electrons. The van der Waals surface area contributed by atoms with Crippen molar-refractivity contribution in [1.29, 1.82) is 0 Å². The van der Waals surface area contributed by atoms with Crippen molar-refractivity contribution in [2.75, 3.05) is 0 Å². The summed E-state index contributed by atoms with van der Waals surface area (Å²) in [5.41, 5.74) is 3.63. The summed E-state index contributed by atoms with van der Waals surface area (Å²) < 4.78 is 0. The van der Waals surface area contributed by atoms with Gasteiger partial charge in [-0.2, -0.15) is 0 Å². The Labute approximate surface area is 50.6 Å². The topological polar surface area (TPSA) is 0 Å². The van der Waals surface area contributed by atoms with Gasteiger partial charge in [-0.05, 0) is 31.6 Å². The molecule has 2 aliphatic carbocycles. The Morgan fingerprint density at radius 2 is 2.38 bits per heavy atom. The smallest absolute Gasteiger partial charge is 0.0166 e. The normalized spacial score (nSPS) is 33.4. The van der Waals surface area contributed by atoms with Crippen molar-refractivity contribution >= 4 is 0 Å². The zero-order valence-electron chi connectivity index (χ0n) is 5.41. The van der Waals surface area contributed by atoms with Gasteiger partial charge in [0.05, 0.1) is 0 Å². The Hall–Kier alpha value is -0.260. The van der Waals surface area contributed by atoms with Crippen LogP contribution in [0.5, 0.6) is 0 Å². The molecular formula is C8H12. The maximum atomic E-state index is 2.30. The average Bonchev–Trinajstić information content (AvgIpc) is 1.76. The van der Waals surface area contributed by atoms with Gasteiger partial charge in [-0.15, -0.1) is 0 Å². The molecule has 0 heterocycles. The minimum Gasteiger partial charge on any atom is -0.0698 e. The second kappa shape index (κ2) is 1.37. The van der Waals surface area contributed by atoms with Crippen molar-refractivity contribution in [3.63, 3.8) is 0 Å². The minimum absolute atomic E-state index is 1.03. The Bertz CT molecular complexity index is 142. The summed E-state index contributed by atoms with van der Waals surface area (Å²) in [6.45, 7) is 2.30. The lowest BCUT2D eigenvalue weighted by molar-refractivity contribution is 0.423. The molecule has 0 nitrogen and oxygen atoms in total. The molecule has 0 saturated heterocycles. The van der Waals surface area contributed by atoms with E-state index in [9.17, 15) is 0 Å². The van der Waals surface area contributed by atoms with Crippen LogP contribution in [0.2, 0.25) is 0 Å². The van der Waals surface area contributed by atoms with E-state index in [2.05, 4.69) is 6.92 Å². The molecule has 1 atom stereocenters. The SMILES string of the molecule is CCC1CC2=C1CC2. The first-order valence-corrected chi connectivity index (χ1v) is 3.62. The summed E-state index contributed by atoms with van der Waals surface area (Å²) in [4.78, 5) is 0. The molecule has 0 heteroatoms. The third-order valence-corrected chi connectivity index (χ3v) is 2.63. The molecule has 2 rings (SSSR count). The van der Waals surface area contributed by atoms with E-state index in [1.165, 1.54) is 25.7 Å². The quantitative estimate of drug-likeness (QED) is 0.453. The van der Waals surface area contributed by atoms with Crippen LogP contribution in [0.4, 0.5) is 0 Å². The maximum Gasteiger partial charge on any atom is -0.0166 e. The van der Waals surface area contributed by atoms with Gasteiger partial charge in [0.2, 0.25) is 0 Å². The van der Waals surface area contributed by atoms with Gasteiger partial charge in [0, 0.05) is 0 Å². The molecule has 1 unspecified atom stereocenters. The fourth-order valence-electron chi connectivity index (χ4n) is 1.85. The van der Waals surface area contributed by atoms with E-state index < -0.39 is 0 Å². The molecule has 0 spiro atoms. The molecule has 0 aromatic heterocycles. The molecule has 0 radical (unpaired) electrons. The summed E-state index contributed by atoms with van der Waals surface area (Å²) in [6, 6.07) is 0. The Morgan fingerprint density at radius 3 is 2.50 bits per heavy atom. The van der Waals surface area contributed by atoms with Crippen LogP contribution in [0.1, 0.15) is 32.6 Å². The van der Waals surface area contributed by atoms with Gasteiger partial charge >= 0.3 is 0 Å². The van der Waals surface area contributed by atoms with Crippen LogP contribution in [0.3, 0.4) is 0 Å². The van der Waals surface area contributed by atoms with Crippen molar-refractivity contribution in [2.24, 2.45) is 5.92 Å². The highest BCUT2D eigenvalue weighted by Gasteiger charge is 2.33. The molecule has 2 aliphatic rings. The fourth-order valence-corrected chi connectivity index (χ4v) is 1.85. The predicted octanol–water partition coefficient (Wildman–Crippen LogP) is 2.51. The third-order valence-electron chi connectivity index (χ3n) is 2.63. The van der Waals surface area contributed by atoms with Gasteiger partial charge in [0.15, 0.2) is 0 Å². The molecule has 0 aliphatic heterocycles. The monoisotopic (exact) mass is 108 g/mol. The number of hydrogen-bond donors (Lipinski definition) is 0. The van der Waals surface area contributed by atoms with Crippen molar-refractivity contribution in [2.45, 2.75) is 32.6 Å². The van der Waals surface area contributed by atoms with Gasteiger partial charge in [0.25, 0.3) is 0 Å². The van der Waals surface area contributed by atoms with E-state index in [0.29, 0.717) is 0 Å². The zero-order chi connectivity index (χ0) is 5.56. The van der Waals surface area contributed by atoms with E-state index in [1.54, 1.807) is 5.57 Å². The highest BCUT2D eigenvalue weighted by atomic mass is 14.4. The molecule has 0 bridgehead atoms. The van der Waals surface area contributed by atoms with Crippen LogP contribution >= 0.6 is 0 Å². The average molecular weight is 108 g/mol. The molecule has 0 aromatic rings. The Kier molecular flexibility index (Phi) is 0.787. The van der Waals surface area contributed by atoms with Gasteiger partial charge in [-0.3, -0.25) is 0 Å². The lowest BCUT2D eigenvalue weighted by Gasteiger charge is -2.41. The summed E-state index contributed by atoms with van der Waals surface area (Å²) in [5, 5.41) is 0. The van der Waals surface area contributed by atoms with Crippen molar-refractivity contribution < 1.29 is 0 Å². The highest BCUT2D eigenvalue weighted by molar-refractivity contribution is 5.36. The van der Waals surface area contributed by atoms with Gasteiger partial charge in [-0.25, -0.2) is 0 Å². The van der Waals surface area contributed by atoms with E-state index in [1.807, 2.05) is 5.57 Å². The standard InChI is InChI=1S/C8H12/c1-2-6-5-7-3-4-8(6)7/h6H,2-5H2,1H3. The second-order valence-corrected chi connectivity index (χ2v) is 2.94. The molecule has 8 heavy (non-hydrogen) atoms. The van der Waals surface area contributed by atoms with Crippen LogP contribution in [0.15, 0.2) is 11.1 Å². The second-order valence-electron chi connectivity index (χ2n) is 2.94. The van der Waals surface area contributed by atoms with E-state index >= 15 is 0 Å². The van der Waals surface area contributed by atoms with Crippen LogP contribution in [0.25, 0.3) is 0 Å². The fraction of sp³-hybridized carbons (Fsp3) is 0.750. The third kappa shape index (κ3) is 0.367. The Morgan fingerprint density at radius 1 is 1.50 bits per heavy atom. The summed E-state index contributed by atoms with van der Waals surface area (Å²) >= 11 is 0. The number of allylic oxidation sites excluding steroid dienone is 2. The minimum atomic E-state index is 1.03. The lowest BCUT2D eigenvalue weighted by atomic mass is 9.65. The molecule has 0 aromatic carbocycles. The predicted molar refractivity (Wildman–Crippen MR) is 34.7 cm³/mol. The summed E-state index contributed by atoms with van der Waals surface area (Å²) in [6.07, 6.45) is 5.71. The first kappa shape index (κ1) is 4.60. The van der Waals surface area contributed by atoms with E-state index in [-0.39, 0.29) is 0 Å². The van der Waals surface area contributed by atoms with Crippen molar-refractivity contribution in [3.8, 4) is 0 Å². The number of hydrogen-bond acceptors (Lipinski definition) is 0. The van der Waals surface area contributed by atoms with Gasteiger partial charge < -0.3 is 0 Å². The molecular weight excluding hydrogens is 96.1 g/mol. The number of rotatable bonds is 1. The van der Waals surface area contributed by atoms with Crippen LogP contribution in [-0.2, 0) is 0 Å². The van der Waals surface area contributed by atoms with Gasteiger partial charge in [-0.1, -0.05) is 18.1 Å². The summed E-state index contributed by atoms with van der Waals surface area (Å²) in [5.74, 6) is 1.03. The van der Waals surface area contributed by atoms with Crippen LogP contribution < -0.4 is 0 Å². The van der Waals surface area contributed by atoms with E-state index in [4.69, 9.17) is 0 Å². The zero-order valence-corrected chi connectivity index (χ0v) is 5.41. The van der Waals surface area contributed by atoms with Crippen LogP contribution in [-0.4, -0.2) is 0 Å². The van der Waals surface area contributed by atoms with Crippen molar-refractivity contribution in [3.05, 3.63) is 11.1 Å². The largest absolute Gasteiger partial charge is 0.0698 e. The maximum absolute atomic E-state index is 2.30. The lowest BCUT2D eigenvalue weighted by Crippen LogP contribution is -2.24. The Balaban J connectivity index is 2.10. The highest BCUT2D eigenvalue weighted by Crippen LogP contribution is 2.49. The summed E-state index contributed by atoms with van der Waals surface area (Å²) in [7, 11) is 0. The molecule has 0 amide bonds. The molecule has 0 fully saturated rings. The van der Waals surface area contributed by atoms with E-state index in [0.717, 1.165) is 5.92 Å². The van der Waals surface area contributed by atoms with Crippen molar-refractivity contribution in [1.82, 2.24) is 0 Å².